The van der Waals surface area contributed by atoms with Gasteiger partial charge in [-0.15, -0.1) is 0 Å². The number of esters is 1. The highest BCUT2D eigenvalue weighted by Gasteiger charge is 2.66. The van der Waals surface area contributed by atoms with Gasteiger partial charge in [-0.25, -0.2) is 4.79 Å². The lowest BCUT2D eigenvalue weighted by Crippen LogP contribution is -2.30. The summed E-state index contributed by atoms with van der Waals surface area (Å²) in [5, 5.41) is 7.65. The number of carbonyl (C=O) groups is 1. The monoisotopic (exact) mass is 307 g/mol. The average Bonchev–Trinajstić information content (AvgIpc) is 2.88. The number of carbonyl (C=O) groups excluding carboxylic acids is 1. The molecule has 114 valence electrons. The van der Waals surface area contributed by atoms with Gasteiger partial charge in [0.05, 0.1) is 17.8 Å². The van der Waals surface area contributed by atoms with Crippen molar-refractivity contribution in [2.24, 2.45) is 23.7 Å². The van der Waals surface area contributed by atoms with Gasteiger partial charge in [-0.3, -0.25) is 5.41 Å². The molecule has 1 N–H and O–H groups in total. The molecule has 4 aliphatic rings. The van der Waals surface area contributed by atoms with E-state index >= 15 is 0 Å². The van der Waals surface area contributed by atoms with Crippen molar-refractivity contribution >= 4 is 23.6 Å². The van der Waals surface area contributed by atoms with E-state index in [-0.39, 0.29) is 5.57 Å². The van der Waals surface area contributed by atoms with Crippen molar-refractivity contribution in [3.05, 3.63) is 5.57 Å². The van der Waals surface area contributed by atoms with Gasteiger partial charge < -0.3 is 9.47 Å². The van der Waals surface area contributed by atoms with Crippen LogP contribution in [-0.4, -0.2) is 41.7 Å². The largest absolute Gasteiger partial charge is 0.461 e. The maximum absolute atomic E-state index is 11.4. The van der Waals surface area contributed by atoms with E-state index in [0.29, 0.717) is 18.8 Å². The van der Waals surface area contributed by atoms with Crippen LogP contribution in [0.25, 0.3) is 0 Å². The Morgan fingerprint density at radius 3 is 3.05 bits per heavy atom. The van der Waals surface area contributed by atoms with Crippen LogP contribution in [0.2, 0.25) is 0 Å². The summed E-state index contributed by atoms with van der Waals surface area (Å²) in [5.74, 6) is 6.08. The molecule has 0 radical (unpaired) electrons. The molecule has 3 saturated carbocycles. The summed E-state index contributed by atoms with van der Waals surface area (Å²) in [6.45, 7) is 2.00. The summed E-state index contributed by atoms with van der Waals surface area (Å²) < 4.78 is 10.9. The molecule has 0 aromatic carbocycles. The van der Waals surface area contributed by atoms with Crippen LogP contribution in [-0.2, 0) is 14.3 Å². The summed E-state index contributed by atoms with van der Waals surface area (Å²) in [6.07, 6.45) is 5.25. The Kier molecular flexibility index (Phi) is 3.40. The van der Waals surface area contributed by atoms with E-state index in [0.717, 1.165) is 34.7 Å². The third-order valence-electron chi connectivity index (χ3n) is 5.82. The summed E-state index contributed by atoms with van der Waals surface area (Å²) in [7, 11) is 0. The van der Waals surface area contributed by atoms with Crippen LogP contribution in [0, 0.1) is 29.1 Å². The van der Waals surface area contributed by atoms with Gasteiger partial charge >= 0.3 is 5.97 Å². The lowest BCUT2D eigenvalue weighted by atomic mass is 9.81. The lowest BCUT2D eigenvalue weighted by Gasteiger charge is -2.32. The summed E-state index contributed by atoms with van der Waals surface area (Å²) in [6, 6.07) is 0. The minimum atomic E-state index is -0.411. The first-order valence-electron chi connectivity index (χ1n) is 7.89. The Balaban J connectivity index is 1.23. The molecule has 4 rings (SSSR count). The van der Waals surface area contributed by atoms with Gasteiger partial charge in [-0.2, -0.15) is 11.8 Å². The highest BCUT2D eigenvalue weighted by atomic mass is 32.2. The van der Waals surface area contributed by atoms with Gasteiger partial charge in [0.15, 0.2) is 0 Å². The summed E-state index contributed by atoms with van der Waals surface area (Å²) in [5.41, 5.74) is 0.243. The molecule has 0 aromatic rings. The Morgan fingerprint density at radius 2 is 2.24 bits per heavy atom. The van der Waals surface area contributed by atoms with Gasteiger partial charge in [0.2, 0.25) is 0 Å². The highest BCUT2D eigenvalue weighted by Crippen LogP contribution is 2.65. The van der Waals surface area contributed by atoms with E-state index < -0.39 is 5.97 Å². The zero-order valence-electron chi connectivity index (χ0n) is 12.2. The average molecular weight is 307 g/mol. The Bertz CT molecular complexity index is 516. The second kappa shape index (κ2) is 5.15. The van der Waals surface area contributed by atoms with Gasteiger partial charge in [-0.1, -0.05) is 0 Å². The van der Waals surface area contributed by atoms with E-state index in [1.807, 2.05) is 11.8 Å². The van der Waals surface area contributed by atoms with Crippen molar-refractivity contribution in [2.75, 3.05) is 12.4 Å². The summed E-state index contributed by atoms with van der Waals surface area (Å²) in [4.78, 5) is 11.4. The number of rotatable bonds is 5. The predicted molar refractivity (Wildman–Crippen MR) is 80.6 cm³/mol. The molecule has 0 aromatic heterocycles. The molecule has 0 amide bonds. The number of thioether (sulfide) groups is 1. The molecule has 5 heteroatoms. The number of epoxide rings is 1. The van der Waals surface area contributed by atoms with Crippen LogP contribution >= 0.6 is 11.8 Å². The number of nitrogens with one attached hydrogen (secondary N) is 1. The fourth-order valence-electron chi connectivity index (χ4n) is 4.95. The Morgan fingerprint density at radius 1 is 1.38 bits per heavy atom. The Hall–Kier alpha value is -0.770. The first-order valence-corrected chi connectivity index (χ1v) is 8.94. The molecule has 21 heavy (non-hydrogen) atoms. The van der Waals surface area contributed by atoms with E-state index in [1.165, 1.54) is 19.3 Å². The van der Waals surface area contributed by atoms with Crippen LogP contribution < -0.4 is 0 Å². The minimum Gasteiger partial charge on any atom is -0.461 e. The third-order valence-corrected chi connectivity index (χ3v) is 7.20. The number of ether oxygens (including phenoxy) is 2. The molecule has 1 saturated heterocycles. The van der Waals surface area contributed by atoms with Crippen molar-refractivity contribution < 1.29 is 14.3 Å². The van der Waals surface area contributed by atoms with E-state index in [9.17, 15) is 4.79 Å². The Labute approximate surface area is 129 Å². The first-order chi connectivity index (χ1) is 10.2. The number of hydrogen-bond acceptors (Lipinski definition) is 5. The minimum absolute atomic E-state index is 0.243. The molecule has 7 atom stereocenters. The van der Waals surface area contributed by atoms with E-state index in [2.05, 4.69) is 5.87 Å². The SMILES string of the molecule is CC(=C=N)C(=O)OCCSC1CC2CC1C1CC3OC3C21. The van der Waals surface area contributed by atoms with Crippen LogP contribution in [0.3, 0.4) is 0 Å². The molecule has 7 unspecified atom stereocenters. The molecular formula is C16H21NO3S. The fourth-order valence-corrected chi connectivity index (χ4v) is 6.38. The summed E-state index contributed by atoms with van der Waals surface area (Å²) >= 11 is 1.98. The lowest BCUT2D eigenvalue weighted by molar-refractivity contribution is -0.138. The molecular weight excluding hydrogens is 286 g/mol. The molecule has 1 heterocycles. The predicted octanol–water partition coefficient (Wildman–Crippen LogP) is 2.27. The molecule has 1 aliphatic heterocycles. The second-order valence-corrected chi connectivity index (χ2v) is 8.15. The third kappa shape index (κ3) is 2.26. The second-order valence-electron chi connectivity index (χ2n) is 6.81. The molecule has 2 bridgehead atoms. The van der Waals surface area contributed by atoms with Crippen molar-refractivity contribution in [3.63, 3.8) is 0 Å². The fraction of sp³-hybridized carbons (Fsp3) is 0.812. The highest BCUT2D eigenvalue weighted by molar-refractivity contribution is 7.99. The van der Waals surface area contributed by atoms with Crippen molar-refractivity contribution in [1.29, 1.82) is 5.41 Å². The van der Waals surface area contributed by atoms with E-state index in [4.69, 9.17) is 14.9 Å². The molecule has 0 spiro atoms. The normalized spacial score (nSPS) is 44.9. The number of hydrogen-bond donors (Lipinski definition) is 1. The zero-order chi connectivity index (χ0) is 14.6. The zero-order valence-corrected chi connectivity index (χ0v) is 13.0. The van der Waals surface area contributed by atoms with Gasteiger partial charge in [-0.05, 0) is 55.7 Å². The molecule has 4 fully saturated rings. The smallest absolute Gasteiger partial charge is 0.343 e. The van der Waals surface area contributed by atoms with Gasteiger partial charge in [0.1, 0.15) is 6.61 Å². The van der Waals surface area contributed by atoms with Crippen molar-refractivity contribution in [1.82, 2.24) is 0 Å². The first kappa shape index (κ1) is 13.9. The quantitative estimate of drug-likeness (QED) is 0.278. The number of fused-ring (bicyclic) bond motifs is 7. The molecule has 3 aliphatic carbocycles. The van der Waals surface area contributed by atoms with Crippen molar-refractivity contribution in [2.45, 2.75) is 43.6 Å². The topological polar surface area (TPSA) is 62.7 Å². The maximum atomic E-state index is 11.4. The van der Waals surface area contributed by atoms with Gasteiger partial charge in [0.25, 0.3) is 0 Å². The van der Waals surface area contributed by atoms with Crippen molar-refractivity contribution in [3.8, 4) is 0 Å². The standard InChI is InChI=1S/C16H21NO3S/c1-8(7-17)16(18)19-2-3-21-13-5-9-4-10(13)11-6-12-15(20-12)14(9)11/h9-15,17H,2-6H2,1H3. The maximum Gasteiger partial charge on any atom is 0.343 e. The van der Waals surface area contributed by atoms with Gasteiger partial charge in [0, 0.05) is 11.0 Å². The van der Waals surface area contributed by atoms with E-state index in [1.54, 1.807) is 6.92 Å². The molecule has 4 nitrogen and oxygen atoms in total. The van der Waals surface area contributed by atoms with Crippen LogP contribution in [0.5, 0.6) is 0 Å². The van der Waals surface area contributed by atoms with Crippen LogP contribution in [0.4, 0.5) is 0 Å². The van der Waals surface area contributed by atoms with Crippen LogP contribution in [0.1, 0.15) is 26.2 Å². The van der Waals surface area contributed by atoms with Crippen LogP contribution in [0.15, 0.2) is 5.57 Å².